The van der Waals surface area contributed by atoms with Crippen LogP contribution in [-0.4, -0.2) is 26.2 Å². The molecule has 5 nitrogen and oxygen atoms in total. The van der Waals surface area contributed by atoms with E-state index in [1.54, 1.807) is 14.2 Å². The number of amides is 1. The van der Waals surface area contributed by atoms with Crippen LogP contribution in [0.4, 0.5) is 11.4 Å². The highest BCUT2D eigenvalue weighted by Crippen LogP contribution is 2.33. The van der Waals surface area contributed by atoms with Crippen LogP contribution in [0.15, 0.2) is 66.7 Å². The third-order valence-corrected chi connectivity index (χ3v) is 4.77. The molecule has 5 heteroatoms. The lowest BCUT2D eigenvalue weighted by Crippen LogP contribution is -2.32. The number of anilines is 2. The first kappa shape index (κ1) is 20.3. The van der Waals surface area contributed by atoms with Crippen LogP contribution in [0.5, 0.6) is 11.5 Å². The van der Waals surface area contributed by atoms with E-state index in [1.807, 2.05) is 80.6 Å². The van der Waals surface area contributed by atoms with Crippen molar-refractivity contribution in [2.75, 3.05) is 24.9 Å². The maximum absolute atomic E-state index is 12.9. The molecule has 0 aromatic heterocycles. The fourth-order valence-corrected chi connectivity index (χ4v) is 3.14. The molecule has 0 saturated heterocycles. The quantitative estimate of drug-likeness (QED) is 0.588. The zero-order chi connectivity index (χ0) is 20.8. The molecular formula is C24H26N2O3. The number of carbonyl (C=O) groups is 1. The van der Waals surface area contributed by atoms with Crippen molar-refractivity contribution in [2.45, 2.75) is 19.9 Å². The van der Waals surface area contributed by atoms with Gasteiger partial charge in [-0.3, -0.25) is 4.79 Å². The van der Waals surface area contributed by atoms with E-state index < -0.39 is 6.04 Å². The van der Waals surface area contributed by atoms with Gasteiger partial charge in [-0.05, 0) is 37.1 Å². The van der Waals surface area contributed by atoms with Gasteiger partial charge >= 0.3 is 0 Å². The highest BCUT2D eigenvalue weighted by atomic mass is 16.5. The second-order valence-electron chi connectivity index (χ2n) is 6.79. The molecule has 0 spiro atoms. The fraction of sp³-hybridized carbons (Fsp3) is 0.208. The molecule has 1 amide bonds. The average Bonchev–Trinajstić information content (AvgIpc) is 2.75. The van der Waals surface area contributed by atoms with E-state index >= 15 is 0 Å². The molecule has 1 atom stereocenters. The van der Waals surface area contributed by atoms with Gasteiger partial charge in [0.2, 0.25) is 5.91 Å². The fourth-order valence-electron chi connectivity index (χ4n) is 3.14. The number of carbonyl (C=O) groups excluding carboxylic acids is 1. The molecule has 0 radical (unpaired) electrons. The van der Waals surface area contributed by atoms with Crippen LogP contribution < -0.4 is 20.1 Å². The van der Waals surface area contributed by atoms with E-state index in [0.29, 0.717) is 11.5 Å². The summed E-state index contributed by atoms with van der Waals surface area (Å²) in [6.45, 7) is 3.79. The van der Waals surface area contributed by atoms with Crippen molar-refractivity contribution in [3.8, 4) is 22.6 Å². The summed E-state index contributed by atoms with van der Waals surface area (Å²) in [6, 6.07) is 21.1. The van der Waals surface area contributed by atoms with Crippen molar-refractivity contribution >= 4 is 17.3 Å². The van der Waals surface area contributed by atoms with Gasteiger partial charge in [-0.25, -0.2) is 0 Å². The number of para-hydroxylation sites is 1. The Bertz CT molecular complexity index is 987. The largest absolute Gasteiger partial charge is 0.493 e. The Morgan fingerprint density at radius 3 is 2.17 bits per heavy atom. The van der Waals surface area contributed by atoms with E-state index in [4.69, 9.17) is 9.47 Å². The Balaban J connectivity index is 1.78. The van der Waals surface area contributed by atoms with E-state index in [-0.39, 0.29) is 5.91 Å². The highest BCUT2D eigenvalue weighted by Gasteiger charge is 2.17. The molecule has 1 unspecified atom stereocenters. The molecular weight excluding hydrogens is 364 g/mol. The third-order valence-electron chi connectivity index (χ3n) is 4.77. The maximum Gasteiger partial charge on any atom is 0.246 e. The van der Waals surface area contributed by atoms with Gasteiger partial charge in [0.15, 0.2) is 11.5 Å². The lowest BCUT2D eigenvalue weighted by atomic mass is 10.0. The van der Waals surface area contributed by atoms with Crippen LogP contribution in [0.25, 0.3) is 11.1 Å². The predicted molar refractivity (Wildman–Crippen MR) is 118 cm³/mol. The van der Waals surface area contributed by atoms with Crippen molar-refractivity contribution in [1.29, 1.82) is 0 Å². The summed E-state index contributed by atoms with van der Waals surface area (Å²) in [5.41, 5.74) is 4.60. The summed E-state index contributed by atoms with van der Waals surface area (Å²) in [5.74, 6) is 1.15. The first-order valence-electron chi connectivity index (χ1n) is 9.48. The van der Waals surface area contributed by atoms with Crippen molar-refractivity contribution in [1.82, 2.24) is 0 Å². The highest BCUT2D eigenvalue weighted by molar-refractivity contribution is 5.99. The SMILES string of the molecule is COc1cc(C)c(NC(C)C(=O)Nc2ccccc2-c2ccccc2)cc1OC. The van der Waals surface area contributed by atoms with Gasteiger partial charge in [-0.15, -0.1) is 0 Å². The van der Waals surface area contributed by atoms with Gasteiger partial charge in [-0.2, -0.15) is 0 Å². The molecule has 29 heavy (non-hydrogen) atoms. The number of nitrogens with one attached hydrogen (secondary N) is 2. The minimum Gasteiger partial charge on any atom is -0.493 e. The van der Waals surface area contributed by atoms with E-state index in [0.717, 1.165) is 28.1 Å². The van der Waals surface area contributed by atoms with Crippen LogP contribution in [0, 0.1) is 6.92 Å². The lowest BCUT2D eigenvalue weighted by Gasteiger charge is -2.19. The standard InChI is InChI=1S/C24H26N2O3/c1-16-14-22(28-3)23(29-4)15-21(16)25-17(2)24(27)26-20-13-9-8-12-19(20)18-10-6-5-7-11-18/h5-15,17,25H,1-4H3,(H,26,27). The molecule has 0 aliphatic rings. The Morgan fingerprint density at radius 2 is 1.48 bits per heavy atom. The second-order valence-corrected chi connectivity index (χ2v) is 6.79. The van der Waals surface area contributed by atoms with Gasteiger partial charge < -0.3 is 20.1 Å². The van der Waals surface area contributed by atoms with Crippen molar-refractivity contribution in [3.63, 3.8) is 0 Å². The Kier molecular flexibility index (Phi) is 6.39. The summed E-state index contributed by atoms with van der Waals surface area (Å²) in [7, 11) is 3.19. The Morgan fingerprint density at radius 1 is 0.862 bits per heavy atom. The van der Waals surface area contributed by atoms with E-state index in [1.165, 1.54) is 0 Å². The summed E-state index contributed by atoms with van der Waals surface area (Å²) in [6.07, 6.45) is 0. The third kappa shape index (κ3) is 4.69. The predicted octanol–water partition coefficient (Wildman–Crippen LogP) is 5.12. The Labute approximate surface area is 171 Å². The molecule has 0 fully saturated rings. The van der Waals surface area contributed by atoms with Gasteiger partial charge in [0.1, 0.15) is 6.04 Å². The second kappa shape index (κ2) is 9.15. The van der Waals surface area contributed by atoms with Crippen LogP contribution in [0.2, 0.25) is 0 Å². The number of benzene rings is 3. The van der Waals surface area contributed by atoms with Gasteiger partial charge in [0.05, 0.1) is 14.2 Å². The molecule has 0 aliphatic carbocycles. The zero-order valence-electron chi connectivity index (χ0n) is 17.2. The van der Waals surface area contributed by atoms with Crippen LogP contribution in [0.3, 0.4) is 0 Å². The van der Waals surface area contributed by atoms with Gasteiger partial charge in [-0.1, -0.05) is 48.5 Å². The van der Waals surface area contributed by atoms with Crippen molar-refractivity contribution < 1.29 is 14.3 Å². The molecule has 3 aromatic rings. The monoisotopic (exact) mass is 390 g/mol. The lowest BCUT2D eigenvalue weighted by molar-refractivity contribution is -0.116. The first-order valence-corrected chi connectivity index (χ1v) is 9.48. The van der Waals surface area contributed by atoms with Gasteiger partial charge in [0, 0.05) is 23.0 Å². The molecule has 3 aromatic carbocycles. The molecule has 2 N–H and O–H groups in total. The number of ether oxygens (including phenoxy) is 2. The molecule has 3 rings (SSSR count). The average molecular weight is 390 g/mol. The molecule has 0 saturated carbocycles. The summed E-state index contributed by atoms with van der Waals surface area (Å²) < 4.78 is 10.7. The number of hydrogen-bond donors (Lipinski definition) is 2. The smallest absolute Gasteiger partial charge is 0.246 e. The number of aryl methyl sites for hydroxylation is 1. The van der Waals surface area contributed by atoms with Crippen LogP contribution >= 0.6 is 0 Å². The Hall–Kier alpha value is -3.47. The number of methoxy groups -OCH3 is 2. The molecule has 0 heterocycles. The summed E-state index contributed by atoms with van der Waals surface area (Å²) in [5, 5.41) is 6.31. The molecule has 0 bridgehead atoms. The van der Waals surface area contributed by atoms with Crippen LogP contribution in [0.1, 0.15) is 12.5 Å². The van der Waals surface area contributed by atoms with Crippen LogP contribution in [-0.2, 0) is 4.79 Å². The van der Waals surface area contributed by atoms with E-state index in [9.17, 15) is 4.79 Å². The van der Waals surface area contributed by atoms with Gasteiger partial charge in [0.25, 0.3) is 0 Å². The van der Waals surface area contributed by atoms with E-state index in [2.05, 4.69) is 10.6 Å². The summed E-state index contributed by atoms with van der Waals surface area (Å²) >= 11 is 0. The normalized spacial score (nSPS) is 11.4. The summed E-state index contributed by atoms with van der Waals surface area (Å²) in [4.78, 5) is 12.9. The minimum absolute atomic E-state index is 0.123. The molecule has 0 aliphatic heterocycles. The maximum atomic E-state index is 12.9. The number of hydrogen-bond acceptors (Lipinski definition) is 4. The molecule has 150 valence electrons. The number of rotatable bonds is 7. The van der Waals surface area contributed by atoms with Crippen molar-refractivity contribution in [2.24, 2.45) is 0 Å². The topological polar surface area (TPSA) is 59.6 Å². The van der Waals surface area contributed by atoms with Crippen molar-refractivity contribution in [3.05, 3.63) is 72.3 Å². The first-order chi connectivity index (χ1) is 14.0. The zero-order valence-corrected chi connectivity index (χ0v) is 17.2. The minimum atomic E-state index is -0.448.